The van der Waals surface area contributed by atoms with E-state index in [2.05, 4.69) is 149 Å². The van der Waals surface area contributed by atoms with E-state index in [-0.39, 0.29) is 0 Å². The number of pyridine rings is 1. The lowest BCUT2D eigenvalue weighted by atomic mass is 9.64. The van der Waals surface area contributed by atoms with Gasteiger partial charge in [0, 0.05) is 39.9 Å². The molecule has 0 N–H and O–H groups in total. The van der Waals surface area contributed by atoms with Crippen molar-refractivity contribution in [1.82, 2.24) is 9.55 Å². The summed E-state index contributed by atoms with van der Waals surface area (Å²) >= 11 is 0. The lowest BCUT2D eigenvalue weighted by molar-refractivity contribution is 0.376. The van der Waals surface area contributed by atoms with Crippen LogP contribution < -0.4 is 4.90 Å². The Morgan fingerprint density at radius 1 is 0.597 bits per heavy atom. The lowest BCUT2D eigenvalue weighted by Gasteiger charge is -2.41. The first-order chi connectivity index (χ1) is 30.7. The van der Waals surface area contributed by atoms with E-state index in [0.717, 1.165) is 37.8 Å². The Morgan fingerprint density at radius 3 is 2.40 bits per heavy atom. The molecule has 0 spiro atoms. The first-order valence-corrected chi connectivity index (χ1v) is 24.2. The van der Waals surface area contributed by atoms with Gasteiger partial charge in [0.25, 0.3) is 0 Å². The number of para-hydroxylation sites is 1. The Labute approximate surface area is 367 Å². The van der Waals surface area contributed by atoms with Crippen molar-refractivity contribution < 1.29 is 0 Å². The monoisotopic (exact) mass is 807 g/mol. The third-order valence-electron chi connectivity index (χ3n) is 16.3. The molecule has 308 valence electrons. The van der Waals surface area contributed by atoms with Crippen LogP contribution >= 0.6 is 0 Å². The van der Waals surface area contributed by atoms with Crippen LogP contribution in [0.4, 0.5) is 5.82 Å². The standard InChI is InChI=1S/C59H57N3/c1-3-15-38(16-4-1)42-35-54(39-17-5-2-6-18-39)60-59(36-42)62-56-26-14-12-24-50(56)53-34-41(28-32-58(53)62)40-27-31-57-52(33-40)49-23-11-13-25-55(49)61(57)43-29-30-48-46-21-8-7-19-44(46)45-20-9-10-22-47(45)51(48)37-43/h2,5-7,9,11,13-15,17-20,23,25-27,31,33-37,45,47,50,53,56,58H,1,3-4,8,10,12,16,21-22,24,28-30,32H2. The minimum Gasteiger partial charge on any atom is -0.346 e. The summed E-state index contributed by atoms with van der Waals surface area (Å²) in [5, 5.41) is 2.77. The number of rotatable bonds is 5. The molecule has 7 aliphatic carbocycles. The van der Waals surface area contributed by atoms with Crippen molar-refractivity contribution in [3.05, 3.63) is 173 Å². The maximum Gasteiger partial charge on any atom is 0.130 e. The van der Waals surface area contributed by atoms with Gasteiger partial charge in [-0.25, -0.2) is 4.98 Å². The minimum absolute atomic E-state index is 0.377. The van der Waals surface area contributed by atoms with Gasteiger partial charge in [-0.15, -0.1) is 0 Å². The van der Waals surface area contributed by atoms with Gasteiger partial charge in [0.1, 0.15) is 5.82 Å². The molecule has 0 bridgehead atoms. The second-order valence-electron chi connectivity index (χ2n) is 19.5. The highest BCUT2D eigenvalue weighted by molar-refractivity contribution is 6.11. The summed E-state index contributed by atoms with van der Waals surface area (Å²) in [7, 11) is 0. The highest BCUT2D eigenvalue weighted by Crippen LogP contribution is 2.53. The molecule has 13 rings (SSSR count). The van der Waals surface area contributed by atoms with Crippen LogP contribution in [0.15, 0.2) is 162 Å². The van der Waals surface area contributed by atoms with Crippen LogP contribution in [-0.2, 0) is 0 Å². The van der Waals surface area contributed by atoms with Crippen molar-refractivity contribution in [3.8, 4) is 11.3 Å². The van der Waals surface area contributed by atoms with Gasteiger partial charge in [-0.05, 0) is 183 Å². The van der Waals surface area contributed by atoms with Crippen molar-refractivity contribution in [2.75, 3.05) is 4.90 Å². The van der Waals surface area contributed by atoms with Gasteiger partial charge in [0.15, 0.2) is 0 Å². The molecular weight excluding hydrogens is 751 g/mol. The largest absolute Gasteiger partial charge is 0.346 e. The van der Waals surface area contributed by atoms with Crippen LogP contribution in [0.1, 0.15) is 101 Å². The summed E-state index contributed by atoms with van der Waals surface area (Å²) in [5.74, 6) is 3.40. The van der Waals surface area contributed by atoms with Gasteiger partial charge in [-0.1, -0.05) is 103 Å². The first-order valence-electron chi connectivity index (χ1n) is 24.2. The zero-order chi connectivity index (χ0) is 40.7. The Bertz CT molecular complexity index is 2900. The molecule has 1 fully saturated rings. The van der Waals surface area contributed by atoms with Crippen molar-refractivity contribution in [1.29, 1.82) is 0 Å². The molecule has 3 nitrogen and oxygen atoms in total. The van der Waals surface area contributed by atoms with E-state index in [1.807, 2.05) is 0 Å². The maximum absolute atomic E-state index is 5.53. The highest BCUT2D eigenvalue weighted by atomic mass is 15.3. The zero-order valence-corrected chi connectivity index (χ0v) is 36.0. The summed E-state index contributed by atoms with van der Waals surface area (Å²) in [6, 6.07) is 33.2. The Kier molecular flexibility index (Phi) is 8.94. The molecule has 3 aromatic carbocycles. The molecule has 5 aromatic rings. The molecule has 0 radical (unpaired) electrons. The average Bonchev–Trinajstić information content (AvgIpc) is 3.86. The third kappa shape index (κ3) is 5.94. The molecule has 8 aliphatic rings. The average molecular weight is 808 g/mol. The number of aromatic nitrogens is 2. The Balaban J connectivity index is 0.878. The van der Waals surface area contributed by atoms with Crippen LogP contribution in [-0.4, -0.2) is 21.6 Å². The molecule has 3 heterocycles. The minimum atomic E-state index is 0.377. The smallest absolute Gasteiger partial charge is 0.130 e. The second kappa shape index (κ2) is 15.0. The zero-order valence-electron chi connectivity index (χ0n) is 36.0. The molecule has 1 aliphatic heterocycles. The summed E-state index contributed by atoms with van der Waals surface area (Å²) in [4.78, 5) is 8.30. The van der Waals surface area contributed by atoms with E-state index >= 15 is 0 Å². The number of benzene rings is 3. The quantitative estimate of drug-likeness (QED) is 0.165. The first kappa shape index (κ1) is 36.9. The number of allylic oxidation sites excluding steroid dienone is 14. The summed E-state index contributed by atoms with van der Waals surface area (Å²) in [6.45, 7) is 0. The highest BCUT2D eigenvalue weighted by Gasteiger charge is 2.49. The molecule has 6 unspecified atom stereocenters. The van der Waals surface area contributed by atoms with Crippen molar-refractivity contribution in [3.63, 3.8) is 0 Å². The fourth-order valence-corrected chi connectivity index (χ4v) is 13.6. The van der Waals surface area contributed by atoms with Crippen LogP contribution in [0.3, 0.4) is 0 Å². The second-order valence-corrected chi connectivity index (χ2v) is 19.5. The number of fused-ring (bicyclic) bond motifs is 10. The predicted molar refractivity (Wildman–Crippen MR) is 259 cm³/mol. The third-order valence-corrected chi connectivity index (χ3v) is 16.3. The summed E-state index contributed by atoms with van der Waals surface area (Å²) in [6.07, 6.45) is 39.4. The maximum atomic E-state index is 5.53. The van der Waals surface area contributed by atoms with Crippen molar-refractivity contribution in [2.24, 2.45) is 23.7 Å². The lowest BCUT2D eigenvalue weighted by Crippen LogP contribution is -2.39. The van der Waals surface area contributed by atoms with Gasteiger partial charge in [0.05, 0.1) is 22.8 Å². The SMILES string of the molecule is C1=CC2=C(CC1)C1=C(C=C(n3c4ccccc4c4cc(C5=CC6C7CCC=CC7N(c7cc(C8=CCCCC8)cc(-c8ccccc8)n7)C6CC5)ccc43)CC1)C1CCC=CC21. The molecule has 1 saturated heterocycles. The van der Waals surface area contributed by atoms with Gasteiger partial charge in [-0.3, -0.25) is 0 Å². The number of hydrogen-bond acceptors (Lipinski definition) is 2. The molecular formula is C59H57N3. The van der Waals surface area contributed by atoms with E-state index in [1.54, 1.807) is 22.3 Å². The Hall–Kier alpha value is -5.67. The summed E-state index contributed by atoms with van der Waals surface area (Å²) in [5.41, 5.74) is 18.9. The van der Waals surface area contributed by atoms with Gasteiger partial charge >= 0.3 is 0 Å². The number of anilines is 1. The van der Waals surface area contributed by atoms with Crippen molar-refractivity contribution >= 4 is 44.5 Å². The van der Waals surface area contributed by atoms with Gasteiger partial charge in [-0.2, -0.15) is 0 Å². The topological polar surface area (TPSA) is 21.1 Å². The fraction of sp³-hybridized carbons (Fsp3) is 0.339. The van der Waals surface area contributed by atoms with Crippen LogP contribution in [0, 0.1) is 23.7 Å². The van der Waals surface area contributed by atoms with Crippen LogP contribution in [0.2, 0.25) is 0 Å². The molecule has 0 saturated carbocycles. The van der Waals surface area contributed by atoms with E-state index in [9.17, 15) is 0 Å². The Morgan fingerprint density at radius 2 is 1.47 bits per heavy atom. The van der Waals surface area contributed by atoms with Crippen LogP contribution in [0.25, 0.3) is 49.9 Å². The molecule has 62 heavy (non-hydrogen) atoms. The molecule has 3 heteroatoms. The van der Waals surface area contributed by atoms with E-state index in [0.29, 0.717) is 35.8 Å². The molecule has 0 amide bonds. The molecule has 6 atom stereocenters. The van der Waals surface area contributed by atoms with E-state index in [4.69, 9.17) is 4.98 Å². The normalized spacial score (nSPS) is 27.7. The summed E-state index contributed by atoms with van der Waals surface area (Å²) < 4.78 is 2.64. The number of hydrogen-bond donors (Lipinski definition) is 0. The van der Waals surface area contributed by atoms with Gasteiger partial charge < -0.3 is 9.47 Å². The molecule has 2 aromatic heterocycles. The fourth-order valence-electron chi connectivity index (χ4n) is 13.6. The predicted octanol–water partition coefficient (Wildman–Crippen LogP) is 15.0. The van der Waals surface area contributed by atoms with Crippen molar-refractivity contribution in [2.45, 2.75) is 102 Å². The van der Waals surface area contributed by atoms with Crippen LogP contribution in [0.5, 0.6) is 0 Å². The van der Waals surface area contributed by atoms with E-state index in [1.165, 1.54) is 119 Å². The van der Waals surface area contributed by atoms with Gasteiger partial charge in [0.2, 0.25) is 0 Å². The van der Waals surface area contributed by atoms with E-state index < -0.39 is 0 Å². The number of nitrogens with zero attached hydrogens (tertiary/aromatic N) is 3.